The number of nitrogens with zero attached hydrogens (tertiary/aromatic N) is 2. The van der Waals surface area contributed by atoms with Gasteiger partial charge in [0.1, 0.15) is 11.6 Å². The summed E-state index contributed by atoms with van der Waals surface area (Å²) in [5.74, 6) is 0.542. The standard InChI is InChI=1S/C21H25F2N3/c22-18-4-6-20(7-5-18)26-10-8-25(9-11-26)15-17-13-24-14-21(17)16-2-1-3-19(23)12-16/h1-7,12,17,21,24H,8-11,13-15H2. The van der Waals surface area contributed by atoms with Crippen LogP contribution in [0.25, 0.3) is 0 Å². The van der Waals surface area contributed by atoms with Crippen LogP contribution in [-0.4, -0.2) is 50.7 Å². The molecule has 2 aliphatic rings. The summed E-state index contributed by atoms with van der Waals surface area (Å²) in [6, 6.07) is 13.8. The minimum Gasteiger partial charge on any atom is -0.369 e. The fourth-order valence-corrected chi connectivity index (χ4v) is 4.22. The van der Waals surface area contributed by atoms with Gasteiger partial charge >= 0.3 is 0 Å². The molecule has 2 fully saturated rings. The van der Waals surface area contributed by atoms with Crippen molar-refractivity contribution in [2.45, 2.75) is 5.92 Å². The summed E-state index contributed by atoms with van der Waals surface area (Å²) in [5, 5.41) is 3.47. The van der Waals surface area contributed by atoms with Crippen LogP contribution in [0, 0.1) is 17.6 Å². The second-order valence-corrected chi connectivity index (χ2v) is 7.34. The van der Waals surface area contributed by atoms with Crippen molar-refractivity contribution in [3.63, 3.8) is 0 Å². The Morgan fingerprint density at radius 2 is 1.65 bits per heavy atom. The van der Waals surface area contributed by atoms with Gasteiger partial charge in [-0.25, -0.2) is 8.78 Å². The average molecular weight is 357 g/mol. The molecule has 2 aromatic rings. The van der Waals surface area contributed by atoms with Gasteiger partial charge in [-0.05, 0) is 54.4 Å². The highest BCUT2D eigenvalue weighted by Crippen LogP contribution is 2.29. The molecule has 2 aromatic carbocycles. The van der Waals surface area contributed by atoms with E-state index in [-0.39, 0.29) is 11.6 Å². The Bertz CT molecular complexity index is 726. The topological polar surface area (TPSA) is 18.5 Å². The fourth-order valence-electron chi connectivity index (χ4n) is 4.22. The summed E-state index contributed by atoms with van der Waals surface area (Å²) in [6.07, 6.45) is 0. The maximum Gasteiger partial charge on any atom is 0.123 e. The van der Waals surface area contributed by atoms with E-state index in [1.54, 1.807) is 6.07 Å². The molecule has 2 atom stereocenters. The van der Waals surface area contributed by atoms with Gasteiger partial charge in [-0.15, -0.1) is 0 Å². The lowest BCUT2D eigenvalue weighted by molar-refractivity contribution is 0.217. The van der Waals surface area contributed by atoms with E-state index in [0.717, 1.165) is 57.1 Å². The number of piperazine rings is 1. The van der Waals surface area contributed by atoms with Crippen LogP contribution in [0.2, 0.25) is 0 Å². The van der Waals surface area contributed by atoms with E-state index in [1.807, 2.05) is 24.3 Å². The summed E-state index contributed by atoms with van der Waals surface area (Å²) in [7, 11) is 0. The Hall–Kier alpha value is -1.98. The predicted octanol–water partition coefficient (Wildman–Crippen LogP) is 3.09. The second-order valence-electron chi connectivity index (χ2n) is 7.34. The van der Waals surface area contributed by atoms with Gasteiger partial charge in [0.15, 0.2) is 0 Å². The van der Waals surface area contributed by atoms with Crippen LogP contribution in [0.4, 0.5) is 14.5 Å². The smallest absolute Gasteiger partial charge is 0.123 e. The Morgan fingerprint density at radius 3 is 2.38 bits per heavy atom. The lowest BCUT2D eigenvalue weighted by atomic mass is 9.88. The molecule has 0 spiro atoms. The third-order valence-electron chi connectivity index (χ3n) is 5.67. The first-order valence-corrected chi connectivity index (χ1v) is 9.38. The predicted molar refractivity (Wildman–Crippen MR) is 101 cm³/mol. The lowest BCUT2D eigenvalue weighted by Crippen LogP contribution is -2.48. The lowest BCUT2D eigenvalue weighted by Gasteiger charge is -2.38. The van der Waals surface area contributed by atoms with Crippen LogP contribution in [-0.2, 0) is 0 Å². The molecular weight excluding hydrogens is 332 g/mol. The van der Waals surface area contributed by atoms with E-state index >= 15 is 0 Å². The monoisotopic (exact) mass is 357 g/mol. The zero-order chi connectivity index (χ0) is 17.9. The first kappa shape index (κ1) is 17.4. The minimum atomic E-state index is -0.190. The van der Waals surface area contributed by atoms with Gasteiger partial charge in [0.25, 0.3) is 0 Å². The summed E-state index contributed by atoms with van der Waals surface area (Å²) >= 11 is 0. The van der Waals surface area contributed by atoms with E-state index in [1.165, 1.54) is 18.2 Å². The Balaban J connectivity index is 1.34. The number of hydrogen-bond donors (Lipinski definition) is 1. The molecule has 0 aliphatic carbocycles. The van der Waals surface area contributed by atoms with Gasteiger partial charge in [-0.1, -0.05) is 12.1 Å². The van der Waals surface area contributed by atoms with Crippen LogP contribution in [0.1, 0.15) is 11.5 Å². The van der Waals surface area contributed by atoms with Crippen molar-refractivity contribution in [2.75, 3.05) is 50.7 Å². The van der Waals surface area contributed by atoms with Gasteiger partial charge < -0.3 is 10.2 Å². The molecule has 2 aliphatic heterocycles. The molecule has 0 bridgehead atoms. The summed E-state index contributed by atoms with van der Waals surface area (Å²) in [5.41, 5.74) is 2.19. The Labute approximate surface area is 153 Å². The highest BCUT2D eigenvalue weighted by Gasteiger charge is 2.31. The van der Waals surface area contributed by atoms with Gasteiger partial charge in [-0.2, -0.15) is 0 Å². The molecular formula is C21H25F2N3. The number of nitrogens with one attached hydrogen (secondary N) is 1. The molecule has 4 rings (SSSR count). The average Bonchev–Trinajstić information content (AvgIpc) is 3.11. The molecule has 2 saturated heterocycles. The Kier molecular flexibility index (Phi) is 5.18. The molecule has 2 unspecified atom stereocenters. The van der Waals surface area contributed by atoms with Crippen molar-refractivity contribution >= 4 is 5.69 Å². The molecule has 2 heterocycles. The molecule has 0 aromatic heterocycles. The van der Waals surface area contributed by atoms with Crippen LogP contribution in [0.15, 0.2) is 48.5 Å². The van der Waals surface area contributed by atoms with Gasteiger partial charge in [-0.3, -0.25) is 4.90 Å². The largest absolute Gasteiger partial charge is 0.369 e. The van der Waals surface area contributed by atoms with Crippen molar-refractivity contribution in [1.82, 2.24) is 10.2 Å². The van der Waals surface area contributed by atoms with Crippen molar-refractivity contribution in [3.05, 3.63) is 65.7 Å². The fraction of sp³-hybridized carbons (Fsp3) is 0.429. The number of benzene rings is 2. The van der Waals surface area contributed by atoms with Gasteiger partial charge in [0, 0.05) is 50.9 Å². The summed E-state index contributed by atoms with van der Waals surface area (Å²) in [6.45, 7) is 6.86. The van der Waals surface area contributed by atoms with E-state index < -0.39 is 0 Å². The summed E-state index contributed by atoms with van der Waals surface area (Å²) in [4.78, 5) is 4.82. The zero-order valence-corrected chi connectivity index (χ0v) is 14.9. The van der Waals surface area contributed by atoms with E-state index in [9.17, 15) is 8.78 Å². The molecule has 138 valence electrons. The van der Waals surface area contributed by atoms with Crippen LogP contribution in [0.5, 0.6) is 0 Å². The highest BCUT2D eigenvalue weighted by molar-refractivity contribution is 5.46. The van der Waals surface area contributed by atoms with Crippen LogP contribution >= 0.6 is 0 Å². The number of rotatable bonds is 4. The van der Waals surface area contributed by atoms with Crippen molar-refractivity contribution in [2.24, 2.45) is 5.92 Å². The third kappa shape index (κ3) is 3.89. The third-order valence-corrected chi connectivity index (χ3v) is 5.67. The number of hydrogen-bond acceptors (Lipinski definition) is 3. The normalized spacial score (nSPS) is 24.2. The zero-order valence-electron chi connectivity index (χ0n) is 14.9. The van der Waals surface area contributed by atoms with Crippen LogP contribution in [0.3, 0.4) is 0 Å². The minimum absolute atomic E-state index is 0.152. The number of halogens is 2. The number of anilines is 1. The van der Waals surface area contributed by atoms with Gasteiger partial charge in [0.2, 0.25) is 0 Å². The van der Waals surface area contributed by atoms with Crippen molar-refractivity contribution < 1.29 is 8.78 Å². The molecule has 0 radical (unpaired) electrons. The highest BCUT2D eigenvalue weighted by atomic mass is 19.1. The first-order chi connectivity index (χ1) is 12.7. The molecule has 1 N–H and O–H groups in total. The maximum absolute atomic E-state index is 13.6. The van der Waals surface area contributed by atoms with Gasteiger partial charge in [0.05, 0.1) is 0 Å². The molecule has 26 heavy (non-hydrogen) atoms. The summed E-state index contributed by atoms with van der Waals surface area (Å²) < 4.78 is 26.7. The maximum atomic E-state index is 13.6. The molecule has 5 heteroatoms. The molecule has 0 amide bonds. The van der Waals surface area contributed by atoms with E-state index in [4.69, 9.17) is 0 Å². The molecule has 0 saturated carbocycles. The van der Waals surface area contributed by atoms with Crippen molar-refractivity contribution in [1.29, 1.82) is 0 Å². The van der Waals surface area contributed by atoms with E-state index in [2.05, 4.69) is 15.1 Å². The Morgan fingerprint density at radius 1 is 0.885 bits per heavy atom. The van der Waals surface area contributed by atoms with Crippen molar-refractivity contribution in [3.8, 4) is 0 Å². The van der Waals surface area contributed by atoms with E-state index in [0.29, 0.717) is 11.8 Å². The van der Waals surface area contributed by atoms with Crippen LogP contribution < -0.4 is 10.2 Å². The SMILES string of the molecule is Fc1ccc(N2CCN(CC3CNCC3c3cccc(F)c3)CC2)cc1. The molecule has 3 nitrogen and oxygen atoms in total. The second kappa shape index (κ2) is 7.72. The first-order valence-electron chi connectivity index (χ1n) is 9.38. The quantitative estimate of drug-likeness (QED) is 0.907.